The van der Waals surface area contributed by atoms with E-state index in [-0.39, 0.29) is 29.1 Å². The van der Waals surface area contributed by atoms with E-state index in [9.17, 15) is 31.4 Å². The number of alkyl halides is 6. The van der Waals surface area contributed by atoms with Crippen molar-refractivity contribution in [3.8, 4) is 11.5 Å². The predicted molar refractivity (Wildman–Crippen MR) is 117 cm³/mol. The van der Waals surface area contributed by atoms with Crippen molar-refractivity contribution < 1.29 is 31.4 Å². The molecular weight excluding hydrogens is 492 g/mol. The van der Waals surface area contributed by atoms with Crippen LogP contribution in [-0.4, -0.2) is 48.2 Å². The Kier molecular flexibility index (Phi) is 6.49. The first-order chi connectivity index (χ1) is 16.7. The summed E-state index contributed by atoms with van der Waals surface area (Å²) in [6.45, 7) is 3.67. The highest BCUT2D eigenvalue weighted by atomic mass is 19.4. The van der Waals surface area contributed by atoms with Gasteiger partial charge in [0.15, 0.2) is 5.82 Å². The molecule has 0 unspecified atom stereocenters. The van der Waals surface area contributed by atoms with Gasteiger partial charge in [0.2, 0.25) is 11.9 Å². The van der Waals surface area contributed by atoms with Crippen LogP contribution in [0.15, 0.2) is 36.5 Å². The van der Waals surface area contributed by atoms with Gasteiger partial charge < -0.3 is 15.3 Å². The lowest BCUT2D eigenvalue weighted by molar-refractivity contribution is -0.141. The van der Waals surface area contributed by atoms with Crippen molar-refractivity contribution in [1.29, 1.82) is 0 Å². The van der Waals surface area contributed by atoms with E-state index in [4.69, 9.17) is 0 Å². The maximum absolute atomic E-state index is 13.2. The quantitative estimate of drug-likeness (QED) is 0.467. The molecule has 0 aliphatic carbocycles. The van der Waals surface area contributed by atoms with E-state index in [1.54, 1.807) is 18.7 Å². The van der Waals surface area contributed by atoms with Gasteiger partial charge in [0, 0.05) is 18.4 Å². The number of anilines is 3. The molecule has 2 N–H and O–H groups in total. The van der Waals surface area contributed by atoms with Gasteiger partial charge in [0.25, 0.3) is 0 Å². The lowest BCUT2D eigenvalue weighted by atomic mass is 9.97. The van der Waals surface area contributed by atoms with Gasteiger partial charge >= 0.3 is 12.4 Å². The summed E-state index contributed by atoms with van der Waals surface area (Å²) in [5.74, 6) is -0.397. The lowest BCUT2D eigenvalue weighted by Crippen LogP contribution is -2.46. The van der Waals surface area contributed by atoms with E-state index >= 15 is 0 Å². The van der Waals surface area contributed by atoms with Crippen LogP contribution < -0.4 is 10.2 Å². The van der Waals surface area contributed by atoms with Crippen molar-refractivity contribution in [1.82, 2.24) is 24.9 Å². The second-order valence-corrected chi connectivity index (χ2v) is 8.75. The number of hydrogen-bond acceptors (Lipinski definition) is 8. The molecule has 0 amide bonds. The minimum absolute atomic E-state index is 0.0384. The molecule has 192 valence electrons. The summed E-state index contributed by atoms with van der Waals surface area (Å²) in [4.78, 5) is 21.3. The molecule has 36 heavy (non-hydrogen) atoms. The van der Waals surface area contributed by atoms with Crippen molar-refractivity contribution in [2.45, 2.75) is 50.7 Å². The average molecular weight is 513 g/mol. The zero-order valence-electron chi connectivity index (χ0n) is 19.1. The number of aromatic nitrogens is 5. The molecule has 1 fully saturated rings. The number of hydrogen-bond donors (Lipinski definition) is 2. The molecule has 1 atom stereocenters. The van der Waals surface area contributed by atoms with Gasteiger partial charge in [0.05, 0.1) is 11.6 Å². The third-order valence-electron chi connectivity index (χ3n) is 5.52. The highest BCUT2D eigenvalue weighted by Gasteiger charge is 2.38. The average Bonchev–Trinajstić information content (AvgIpc) is 3.29. The molecule has 1 aliphatic heterocycles. The first kappa shape index (κ1) is 25.5. The van der Waals surface area contributed by atoms with Crippen LogP contribution in [0.25, 0.3) is 11.5 Å². The topological polar surface area (TPSA) is 100.0 Å². The van der Waals surface area contributed by atoms with E-state index in [1.807, 2.05) is 0 Å². The summed E-state index contributed by atoms with van der Waals surface area (Å²) in [5.41, 5.74) is -3.71. The first-order valence-electron chi connectivity index (χ1n) is 10.8. The molecule has 8 nitrogen and oxygen atoms in total. The molecule has 4 heterocycles. The fourth-order valence-corrected chi connectivity index (χ4v) is 3.91. The minimum Gasteiger partial charge on any atom is -0.388 e. The third kappa shape index (κ3) is 5.64. The van der Waals surface area contributed by atoms with Gasteiger partial charge in [-0.05, 0) is 51.0 Å². The van der Waals surface area contributed by atoms with Crippen LogP contribution in [0.5, 0.6) is 0 Å². The normalized spacial score (nSPS) is 16.9. The molecule has 4 rings (SSSR count). The summed E-state index contributed by atoms with van der Waals surface area (Å²) in [7, 11) is 0. The van der Waals surface area contributed by atoms with E-state index < -0.39 is 35.4 Å². The Morgan fingerprint density at radius 2 is 1.67 bits per heavy atom. The van der Waals surface area contributed by atoms with Crippen molar-refractivity contribution in [3.63, 3.8) is 0 Å². The number of nitrogens with zero attached hydrogens (tertiary/aromatic N) is 6. The number of halogens is 6. The molecule has 0 bridgehead atoms. The third-order valence-corrected chi connectivity index (χ3v) is 5.52. The van der Waals surface area contributed by atoms with Crippen LogP contribution in [0, 0.1) is 0 Å². The Morgan fingerprint density at radius 1 is 0.944 bits per heavy atom. The molecule has 0 saturated carbocycles. The highest BCUT2D eigenvalue weighted by Crippen LogP contribution is 2.33. The summed E-state index contributed by atoms with van der Waals surface area (Å²) < 4.78 is 79.0. The van der Waals surface area contributed by atoms with Crippen LogP contribution in [-0.2, 0) is 12.4 Å². The first-order valence-corrected chi connectivity index (χ1v) is 10.8. The second-order valence-electron chi connectivity index (χ2n) is 8.75. The Morgan fingerprint density at radius 3 is 2.33 bits per heavy atom. The van der Waals surface area contributed by atoms with E-state index in [1.165, 1.54) is 12.1 Å². The summed E-state index contributed by atoms with van der Waals surface area (Å²) >= 11 is 0. The number of pyridine rings is 2. The minimum atomic E-state index is -4.71. The van der Waals surface area contributed by atoms with E-state index in [0.29, 0.717) is 19.4 Å². The van der Waals surface area contributed by atoms with Gasteiger partial charge in [-0.3, -0.25) is 4.98 Å². The van der Waals surface area contributed by atoms with E-state index in [0.717, 1.165) is 24.4 Å². The molecule has 0 spiro atoms. The molecule has 1 aliphatic rings. The molecule has 0 radical (unpaired) electrons. The van der Waals surface area contributed by atoms with Crippen LogP contribution in [0.2, 0.25) is 0 Å². The smallest absolute Gasteiger partial charge is 0.388 e. The fourth-order valence-electron chi connectivity index (χ4n) is 3.91. The number of nitrogens with one attached hydrogen (secondary N) is 1. The highest BCUT2D eigenvalue weighted by molar-refractivity contribution is 5.59. The van der Waals surface area contributed by atoms with Crippen LogP contribution in [0.3, 0.4) is 0 Å². The molecule has 0 aromatic carbocycles. The largest absolute Gasteiger partial charge is 0.433 e. The Labute approximate surface area is 201 Å². The molecular formula is C22H21F6N7O. The Balaban J connectivity index is 1.80. The molecule has 3 aromatic rings. The number of rotatable bonds is 5. The number of aliphatic hydroxyl groups is 1. The van der Waals surface area contributed by atoms with Crippen molar-refractivity contribution in [2.75, 3.05) is 16.8 Å². The Hall–Kier alpha value is -3.55. The van der Waals surface area contributed by atoms with Gasteiger partial charge in [-0.15, -0.1) is 0 Å². The SMILES string of the molecule is CC(C)(O)[C@H]1CCCN1c1nc(Nc2ccnc(C(F)(F)F)c2)nc(-c2cccc(C(F)(F)F)n2)n1. The van der Waals surface area contributed by atoms with Gasteiger partial charge in [0.1, 0.15) is 17.1 Å². The standard InChI is InChI=1S/C22H21F6N7O/c1-20(2,36)16-7-4-10-35(16)19-33-17(13-5-3-6-14(31-13)21(23,24)25)32-18(34-19)30-12-8-9-29-15(11-12)22(26,27)28/h3,5-6,8-9,11,16,36H,4,7,10H2,1-2H3,(H,29,30,32,33,34)/t16-/m1/s1. The zero-order chi connectivity index (χ0) is 26.3. The zero-order valence-corrected chi connectivity index (χ0v) is 19.1. The van der Waals surface area contributed by atoms with Gasteiger partial charge in [-0.25, -0.2) is 4.98 Å². The van der Waals surface area contributed by atoms with Crippen LogP contribution in [0.1, 0.15) is 38.1 Å². The monoisotopic (exact) mass is 513 g/mol. The fraction of sp³-hybridized carbons (Fsp3) is 0.409. The van der Waals surface area contributed by atoms with Crippen LogP contribution >= 0.6 is 0 Å². The van der Waals surface area contributed by atoms with Crippen molar-refractivity contribution in [3.05, 3.63) is 47.9 Å². The molecule has 3 aromatic heterocycles. The van der Waals surface area contributed by atoms with Gasteiger partial charge in [-0.1, -0.05) is 6.07 Å². The van der Waals surface area contributed by atoms with Crippen molar-refractivity contribution in [2.24, 2.45) is 0 Å². The Bertz CT molecular complexity index is 1240. The van der Waals surface area contributed by atoms with Crippen LogP contribution in [0.4, 0.5) is 43.9 Å². The molecule has 1 saturated heterocycles. The molecule has 14 heteroatoms. The maximum Gasteiger partial charge on any atom is 0.433 e. The van der Waals surface area contributed by atoms with Gasteiger partial charge in [-0.2, -0.15) is 41.3 Å². The van der Waals surface area contributed by atoms with Crippen molar-refractivity contribution >= 4 is 17.6 Å². The second kappa shape index (κ2) is 9.15. The summed E-state index contributed by atoms with van der Waals surface area (Å²) in [6.07, 6.45) is -7.15. The van der Waals surface area contributed by atoms with E-state index in [2.05, 4.69) is 30.2 Å². The summed E-state index contributed by atoms with van der Waals surface area (Å²) in [5, 5.41) is 13.2. The predicted octanol–water partition coefficient (Wildman–Crippen LogP) is 4.85. The lowest BCUT2D eigenvalue weighted by Gasteiger charge is -2.33. The maximum atomic E-state index is 13.2. The summed E-state index contributed by atoms with van der Waals surface area (Å²) in [6, 6.07) is 4.83.